The zero-order chi connectivity index (χ0) is 16.5. The number of hydrogen-bond acceptors (Lipinski definition) is 3. The summed E-state index contributed by atoms with van der Waals surface area (Å²) in [6, 6.07) is 11.7. The third-order valence-electron chi connectivity index (χ3n) is 3.94. The number of fused-ring (bicyclic) bond motifs is 1. The molecule has 0 bridgehead atoms. The molecule has 5 heteroatoms. The van der Waals surface area contributed by atoms with Gasteiger partial charge in [-0.05, 0) is 36.3 Å². The summed E-state index contributed by atoms with van der Waals surface area (Å²) < 4.78 is 1.85. The van der Waals surface area contributed by atoms with Crippen LogP contribution in [0.15, 0.2) is 60.8 Å². The van der Waals surface area contributed by atoms with Gasteiger partial charge in [0.1, 0.15) is 0 Å². The third kappa shape index (κ3) is 2.60. The summed E-state index contributed by atoms with van der Waals surface area (Å²) in [5.41, 5.74) is 5.55. The standard InChI is InChI=1S/C19H16N4O/c1-13(24)21-16-8-4-7-15(11-16)18-12-20-19-10-9-17(22-23(18)19)14-5-2-3-6-14/h2-5,7-12H,6H2,1H3,(H,21,24). The van der Waals surface area contributed by atoms with E-state index < -0.39 is 0 Å². The molecule has 1 aliphatic rings. The van der Waals surface area contributed by atoms with Crippen LogP contribution in [-0.4, -0.2) is 20.5 Å². The number of benzene rings is 1. The Kier molecular flexibility index (Phi) is 3.46. The van der Waals surface area contributed by atoms with Crippen molar-refractivity contribution in [1.82, 2.24) is 14.6 Å². The van der Waals surface area contributed by atoms with Crippen molar-refractivity contribution in [1.29, 1.82) is 0 Å². The molecule has 2 heterocycles. The van der Waals surface area contributed by atoms with E-state index in [0.717, 1.165) is 34.7 Å². The van der Waals surface area contributed by atoms with Crippen LogP contribution in [0, 0.1) is 0 Å². The molecule has 118 valence electrons. The molecule has 1 aliphatic carbocycles. The number of imidazole rings is 1. The number of anilines is 1. The third-order valence-corrected chi connectivity index (χ3v) is 3.94. The van der Waals surface area contributed by atoms with Gasteiger partial charge in [-0.1, -0.05) is 30.4 Å². The summed E-state index contributed by atoms with van der Waals surface area (Å²) in [6.07, 6.45) is 8.96. The van der Waals surface area contributed by atoms with Gasteiger partial charge < -0.3 is 5.32 Å². The summed E-state index contributed by atoms with van der Waals surface area (Å²) in [7, 11) is 0. The molecule has 2 aromatic heterocycles. The van der Waals surface area contributed by atoms with E-state index in [1.807, 2.05) is 47.0 Å². The number of carbonyl (C=O) groups excluding carboxylic acids is 1. The van der Waals surface area contributed by atoms with Crippen LogP contribution in [0.3, 0.4) is 0 Å². The number of nitrogens with zero attached hydrogens (tertiary/aromatic N) is 3. The van der Waals surface area contributed by atoms with Gasteiger partial charge in [-0.15, -0.1) is 0 Å². The van der Waals surface area contributed by atoms with E-state index in [1.54, 1.807) is 6.20 Å². The Morgan fingerprint density at radius 2 is 2.17 bits per heavy atom. The number of rotatable bonds is 3. The number of nitrogens with one attached hydrogen (secondary N) is 1. The first-order valence-corrected chi connectivity index (χ1v) is 7.79. The van der Waals surface area contributed by atoms with Crippen LogP contribution in [0.5, 0.6) is 0 Å². The second-order valence-electron chi connectivity index (χ2n) is 5.72. The number of allylic oxidation sites excluding steroid dienone is 4. The number of aromatic nitrogens is 3. The van der Waals surface area contributed by atoms with E-state index in [1.165, 1.54) is 12.5 Å². The normalized spacial score (nSPS) is 13.3. The van der Waals surface area contributed by atoms with Crippen LogP contribution in [0.2, 0.25) is 0 Å². The van der Waals surface area contributed by atoms with E-state index in [4.69, 9.17) is 5.10 Å². The molecule has 0 aliphatic heterocycles. The summed E-state index contributed by atoms with van der Waals surface area (Å²) in [4.78, 5) is 15.7. The fourth-order valence-electron chi connectivity index (χ4n) is 2.84. The van der Waals surface area contributed by atoms with Crippen molar-refractivity contribution in [3.63, 3.8) is 0 Å². The Morgan fingerprint density at radius 3 is 2.96 bits per heavy atom. The SMILES string of the molecule is CC(=O)Nc1cccc(-c2cnc3ccc(C4=CC=CC4)nn23)c1. The second-order valence-corrected chi connectivity index (χ2v) is 5.72. The maximum Gasteiger partial charge on any atom is 0.221 e. The van der Waals surface area contributed by atoms with Crippen LogP contribution >= 0.6 is 0 Å². The summed E-state index contributed by atoms with van der Waals surface area (Å²) in [6.45, 7) is 1.50. The molecule has 0 unspecified atom stereocenters. The maximum atomic E-state index is 11.3. The fourth-order valence-corrected chi connectivity index (χ4v) is 2.84. The first-order chi connectivity index (χ1) is 11.7. The van der Waals surface area contributed by atoms with Gasteiger partial charge in [-0.2, -0.15) is 5.10 Å². The largest absolute Gasteiger partial charge is 0.326 e. The average molecular weight is 316 g/mol. The molecule has 4 rings (SSSR count). The molecule has 3 aromatic rings. The van der Waals surface area contributed by atoms with Gasteiger partial charge >= 0.3 is 0 Å². The molecule has 0 spiro atoms. The van der Waals surface area contributed by atoms with Crippen molar-refractivity contribution < 1.29 is 4.79 Å². The first kappa shape index (κ1) is 14.4. The van der Waals surface area contributed by atoms with E-state index in [0.29, 0.717) is 0 Å². The molecule has 0 fully saturated rings. The van der Waals surface area contributed by atoms with Gasteiger partial charge in [0.15, 0.2) is 5.65 Å². The molecule has 0 saturated carbocycles. The lowest BCUT2D eigenvalue weighted by atomic mass is 10.1. The zero-order valence-corrected chi connectivity index (χ0v) is 13.2. The molecule has 5 nitrogen and oxygen atoms in total. The minimum Gasteiger partial charge on any atom is -0.326 e. The van der Waals surface area contributed by atoms with Crippen molar-refractivity contribution in [2.24, 2.45) is 0 Å². The lowest BCUT2D eigenvalue weighted by Gasteiger charge is -2.07. The number of amides is 1. The smallest absolute Gasteiger partial charge is 0.221 e. The van der Waals surface area contributed by atoms with Crippen molar-refractivity contribution >= 4 is 22.8 Å². The number of hydrogen-bond donors (Lipinski definition) is 1. The summed E-state index contributed by atoms with van der Waals surface area (Å²) in [5, 5.41) is 7.55. The van der Waals surface area contributed by atoms with Crippen molar-refractivity contribution in [2.45, 2.75) is 13.3 Å². The van der Waals surface area contributed by atoms with Gasteiger partial charge in [0.2, 0.25) is 5.91 Å². The number of carbonyl (C=O) groups is 1. The first-order valence-electron chi connectivity index (χ1n) is 7.79. The Labute approximate surface area is 139 Å². The van der Waals surface area contributed by atoms with Crippen molar-refractivity contribution in [3.05, 3.63) is 66.5 Å². The van der Waals surface area contributed by atoms with Crippen LogP contribution in [0.1, 0.15) is 19.0 Å². The van der Waals surface area contributed by atoms with E-state index in [9.17, 15) is 4.79 Å². The predicted octanol–water partition coefficient (Wildman–Crippen LogP) is 3.70. The van der Waals surface area contributed by atoms with Crippen molar-refractivity contribution in [2.75, 3.05) is 5.32 Å². The highest BCUT2D eigenvalue weighted by molar-refractivity contribution is 5.89. The fraction of sp³-hybridized carbons (Fsp3) is 0.105. The molecule has 1 amide bonds. The highest BCUT2D eigenvalue weighted by atomic mass is 16.1. The molecule has 0 saturated heterocycles. The lowest BCUT2D eigenvalue weighted by Crippen LogP contribution is -2.05. The van der Waals surface area contributed by atoms with Crippen LogP contribution in [0.25, 0.3) is 22.5 Å². The van der Waals surface area contributed by atoms with Gasteiger partial charge in [0, 0.05) is 18.2 Å². The van der Waals surface area contributed by atoms with E-state index in [-0.39, 0.29) is 5.91 Å². The summed E-state index contributed by atoms with van der Waals surface area (Å²) in [5.74, 6) is -0.0913. The minimum absolute atomic E-state index is 0.0913. The summed E-state index contributed by atoms with van der Waals surface area (Å²) >= 11 is 0. The zero-order valence-electron chi connectivity index (χ0n) is 13.2. The Balaban J connectivity index is 1.79. The topological polar surface area (TPSA) is 59.3 Å². The van der Waals surface area contributed by atoms with E-state index in [2.05, 4.69) is 22.5 Å². The molecule has 1 aromatic carbocycles. The average Bonchev–Trinajstić information content (AvgIpc) is 3.23. The molecule has 0 atom stereocenters. The van der Waals surface area contributed by atoms with Gasteiger partial charge in [0.05, 0.1) is 17.6 Å². The maximum absolute atomic E-state index is 11.3. The Bertz CT molecular complexity index is 998. The highest BCUT2D eigenvalue weighted by Crippen LogP contribution is 2.26. The highest BCUT2D eigenvalue weighted by Gasteiger charge is 2.11. The van der Waals surface area contributed by atoms with Crippen LogP contribution < -0.4 is 5.32 Å². The second kappa shape index (κ2) is 5.77. The molecular formula is C19H16N4O. The molecule has 24 heavy (non-hydrogen) atoms. The quantitative estimate of drug-likeness (QED) is 0.801. The van der Waals surface area contributed by atoms with Crippen LogP contribution in [0.4, 0.5) is 5.69 Å². The van der Waals surface area contributed by atoms with Crippen LogP contribution in [-0.2, 0) is 4.79 Å². The monoisotopic (exact) mass is 316 g/mol. The molecule has 1 N–H and O–H groups in total. The van der Waals surface area contributed by atoms with Gasteiger partial charge in [-0.3, -0.25) is 4.79 Å². The predicted molar refractivity (Wildman–Crippen MR) is 94.5 cm³/mol. The lowest BCUT2D eigenvalue weighted by molar-refractivity contribution is -0.114. The Morgan fingerprint density at radius 1 is 1.25 bits per heavy atom. The van der Waals surface area contributed by atoms with Crippen molar-refractivity contribution in [3.8, 4) is 11.3 Å². The molecule has 0 radical (unpaired) electrons. The molecular weight excluding hydrogens is 300 g/mol. The van der Waals surface area contributed by atoms with Gasteiger partial charge in [0.25, 0.3) is 0 Å². The van der Waals surface area contributed by atoms with E-state index >= 15 is 0 Å². The van der Waals surface area contributed by atoms with Gasteiger partial charge in [-0.25, -0.2) is 9.50 Å². The Hall–Kier alpha value is -3.21. The minimum atomic E-state index is -0.0913.